The first kappa shape index (κ1) is 22.1. The van der Waals surface area contributed by atoms with Crippen molar-refractivity contribution in [2.75, 3.05) is 12.3 Å². The molecule has 0 saturated heterocycles. The molecule has 158 valence electrons. The number of carbonyl (C=O) groups excluding carboxylic acids is 2. The third-order valence-corrected chi connectivity index (χ3v) is 4.26. The van der Waals surface area contributed by atoms with E-state index in [0.717, 1.165) is 9.13 Å². The normalized spacial score (nSPS) is 11.5. The number of carbonyl (C=O) groups is 2. The maximum absolute atomic E-state index is 12.3. The summed E-state index contributed by atoms with van der Waals surface area (Å²) in [6.45, 7) is 5.23. The molecule has 2 N–H and O–H groups in total. The minimum absolute atomic E-state index is 0.0290. The Morgan fingerprint density at radius 3 is 2.41 bits per heavy atom. The van der Waals surface area contributed by atoms with Gasteiger partial charge in [0.25, 0.3) is 5.56 Å². The molecule has 2 aromatic heterocycles. The number of nitrogens with two attached hydrogens (primary N) is 1. The topological polar surface area (TPSA) is 152 Å². The average molecular weight is 407 g/mol. The zero-order chi connectivity index (χ0) is 21.9. The molecule has 0 spiro atoms. The van der Waals surface area contributed by atoms with Gasteiger partial charge >= 0.3 is 11.7 Å². The number of nitrogen functional groups attached to an aromatic ring is 1. The van der Waals surface area contributed by atoms with Gasteiger partial charge in [-0.05, 0) is 6.42 Å². The SMILES string of the molecule is Cn1c(N)c(C(=O)COC(=O)CCCc2nc(C(C)(C)C)no2)c(=O)n(C)c1=O. The standard InChI is InChI=1S/C18H25N5O6/c1-18(2,3)16-20-11(29-21-16)7-6-8-12(25)28-9-10(24)13-14(19)22(4)17(27)23(5)15(13)26/h6-9,19H2,1-5H3. The first-order chi connectivity index (χ1) is 13.4. The van der Waals surface area contributed by atoms with Crippen LogP contribution in [0, 0.1) is 0 Å². The molecule has 11 nitrogen and oxygen atoms in total. The Labute approximate surface area is 166 Å². The van der Waals surface area contributed by atoms with Crippen molar-refractivity contribution in [1.29, 1.82) is 0 Å². The van der Waals surface area contributed by atoms with Crippen LogP contribution in [-0.4, -0.2) is 37.6 Å². The van der Waals surface area contributed by atoms with Gasteiger partial charge < -0.3 is 15.0 Å². The molecule has 0 amide bonds. The summed E-state index contributed by atoms with van der Waals surface area (Å²) in [7, 11) is 2.57. The number of aryl methyl sites for hydroxylation is 1. The van der Waals surface area contributed by atoms with Gasteiger partial charge in [-0.2, -0.15) is 4.98 Å². The molecule has 0 aliphatic carbocycles. The fourth-order valence-corrected chi connectivity index (χ4v) is 2.46. The predicted octanol–water partition coefficient (Wildman–Crippen LogP) is 0.0955. The highest BCUT2D eigenvalue weighted by Crippen LogP contribution is 2.19. The fourth-order valence-electron chi connectivity index (χ4n) is 2.46. The number of hydrogen-bond donors (Lipinski definition) is 1. The second-order valence-electron chi connectivity index (χ2n) is 7.67. The van der Waals surface area contributed by atoms with Crippen LogP contribution >= 0.6 is 0 Å². The molecule has 0 aliphatic heterocycles. The van der Waals surface area contributed by atoms with Crippen LogP contribution in [0.3, 0.4) is 0 Å². The monoisotopic (exact) mass is 407 g/mol. The highest BCUT2D eigenvalue weighted by Gasteiger charge is 2.22. The van der Waals surface area contributed by atoms with Crippen LogP contribution < -0.4 is 17.0 Å². The summed E-state index contributed by atoms with van der Waals surface area (Å²) in [6.07, 6.45) is 0.810. The Bertz CT molecular complexity index is 1040. The Hall–Kier alpha value is -3.24. The minimum atomic E-state index is -0.835. The lowest BCUT2D eigenvalue weighted by Gasteiger charge is -2.11. The molecule has 0 aliphatic rings. The van der Waals surface area contributed by atoms with Gasteiger partial charge in [0, 0.05) is 32.4 Å². The van der Waals surface area contributed by atoms with E-state index in [0.29, 0.717) is 24.6 Å². The number of rotatable bonds is 7. The molecule has 0 saturated carbocycles. The predicted molar refractivity (Wildman–Crippen MR) is 103 cm³/mol. The van der Waals surface area contributed by atoms with E-state index in [1.54, 1.807) is 0 Å². The molecule has 0 unspecified atom stereocenters. The van der Waals surface area contributed by atoms with Gasteiger partial charge in [0.15, 0.2) is 12.4 Å². The average Bonchev–Trinajstić information content (AvgIpc) is 3.12. The van der Waals surface area contributed by atoms with E-state index in [1.807, 2.05) is 20.8 Å². The molecule has 0 radical (unpaired) electrons. The van der Waals surface area contributed by atoms with Crippen molar-refractivity contribution in [2.24, 2.45) is 14.1 Å². The number of ether oxygens (including phenoxy) is 1. The lowest BCUT2D eigenvalue weighted by atomic mass is 9.96. The van der Waals surface area contributed by atoms with Gasteiger partial charge in [0.05, 0.1) is 0 Å². The molecule has 0 fully saturated rings. The van der Waals surface area contributed by atoms with E-state index in [2.05, 4.69) is 10.1 Å². The summed E-state index contributed by atoms with van der Waals surface area (Å²) in [5, 5.41) is 3.90. The zero-order valence-electron chi connectivity index (χ0n) is 17.1. The minimum Gasteiger partial charge on any atom is -0.457 e. The van der Waals surface area contributed by atoms with Crippen molar-refractivity contribution < 1.29 is 18.8 Å². The summed E-state index contributed by atoms with van der Waals surface area (Å²) in [6, 6.07) is 0. The van der Waals surface area contributed by atoms with E-state index >= 15 is 0 Å². The van der Waals surface area contributed by atoms with Crippen LogP contribution in [0.5, 0.6) is 0 Å². The second-order valence-corrected chi connectivity index (χ2v) is 7.67. The summed E-state index contributed by atoms with van der Waals surface area (Å²) in [5.74, 6) is -0.671. The number of anilines is 1. The van der Waals surface area contributed by atoms with Crippen LogP contribution in [0.25, 0.3) is 0 Å². The van der Waals surface area contributed by atoms with E-state index in [-0.39, 0.29) is 23.2 Å². The van der Waals surface area contributed by atoms with Crippen molar-refractivity contribution in [3.05, 3.63) is 38.1 Å². The maximum atomic E-state index is 12.3. The maximum Gasteiger partial charge on any atom is 0.332 e. The highest BCUT2D eigenvalue weighted by molar-refractivity contribution is 6.01. The molecule has 29 heavy (non-hydrogen) atoms. The Morgan fingerprint density at radius 1 is 1.17 bits per heavy atom. The molecular formula is C18H25N5O6. The number of aromatic nitrogens is 4. The Morgan fingerprint density at radius 2 is 1.83 bits per heavy atom. The van der Waals surface area contributed by atoms with Gasteiger partial charge in [-0.3, -0.25) is 23.5 Å². The molecule has 0 bridgehead atoms. The third kappa shape index (κ3) is 4.98. The molecule has 2 aromatic rings. The fraction of sp³-hybridized carbons (Fsp3) is 0.556. The smallest absolute Gasteiger partial charge is 0.332 e. The molecule has 2 rings (SSSR count). The zero-order valence-corrected chi connectivity index (χ0v) is 17.1. The van der Waals surface area contributed by atoms with E-state index < -0.39 is 29.6 Å². The number of hydrogen-bond acceptors (Lipinski definition) is 9. The van der Waals surface area contributed by atoms with Crippen LogP contribution in [-0.2, 0) is 35.5 Å². The van der Waals surface area contributed by atoms with E-state index in [9.17, 15) is 19.2 Å². The second kappa shape index (κ2) is 8.41. The van der Waals surface area contributed by atoms with Gasteiger partial charge in [-0.25, -0.2) is 4.79 Å². The van der Waals surface area contributed by atoms with Crippen molar-refractivity contribution in [2.45, 2.75) is 45.4 Å². The summed E-state index contributed by atoms with van der Waals surface area (Å²) in [5.41, 5.74) is 3.59. The number of esters is 1. The lowest BCUT2D eigenvalue weighted by Crippen LogP contribution is -2.42. The molecule has 0 atom stereocenters. The van der Waals surface area contributed by atoms with Crippen LogP contribution in [0.15, 0.2) is 14.1 Å². The summed E-state index contributed by atoms with van der Waals surface area (Å²) >= 11 is 0. The summed E-state index contributed by atoms with van der Waals surface area (Å²) < 4.78 is 11.8. The Kier molecular flexibility index (Phi) is 6.40. The number of Topliss-reactive ketones (excluding diaryl/α,β-unsaturated/α-hetero) is 1. The first-order valence-electron chi connectivity index (χ1n) is 9.01. The van der Waals surface area contributed by atoms with Gasteiger partial charge in [-0.15, -0.1) is 0 Å². The Balaban J connectivity index is 1.90. The molecule has 2 heterocycles. The van der Waals surface area contributed by atoms with Gasteiger partial charge in [0.1, 0.15) is 11.4 Å². The molecule has 0 aromatic carbocycles. The first-order valence-corrected chi connectivity index (χ1v) is 9.01. The van der Waals surface area contributed by atoms with Crippen molar-refractivity contribution in [3.63, 3.8) is 0 Å². The molecule has 11 heteroatoms. The van der Waals surface area contributed by atoms with Crippen LogP contribution in [0.4, 0.5) is 5.82 Å². The van der Waals surface area contributed by atoms with Crippen LogP contribution in [0.2, 0.25) is 0 Å². The van der Waals surface area contributed by atoms with Crippen molar-refractivity contribution in [3.8, 4) is 0 Å². The van der Waals surface area contributed by atoms with E-state index in [1.165, 1.54) is 14.1 Å². The third-order valence-electron chi connectivity index (χ3n) is 4.26. The largest absolute Gasteiger partial charge is 0.457 e. The van der Waals surface area contributed by atoms with Gasteiger partial charge in [0.2, 0.25) is 11.7 Å². The lowest BCUT2D eigenvalue weighted by molar-refractivity contribution is -0.142. The number of nitrogens with zero attached hydrogens (tertiary/aromatic N) is 4. The van der Waals surface area contributed by atoms with Crippen LogP contribution in [0.1, 0.15) is 55.7 Å². The molecular weight excluding hydrogens is 382 g/mol. The van der Waals surface area contributed by atoms with E-state index in [4.69, 9.17) is 15.0 Å². The van der Waals surface area contributed by atoms with Gasteiger partial charge in [-0.1, -0.05) is 25.9 Å². The number of ketones is 1. The highest BCUT2D eigenvalue weighted by atomic mass is 16.5. The van der Waals surface area contributed by atoms with Crippen molar-refractivity contribution >= 4 is 17.6 Å². The van der Waals surface area contributed by atoms with Crippen molar-refractivity contribution in [1.82, 2.24) is 19.3 Å². The quantitative estimate of drug-likeness (QED) is 0.497. The summed E-state index contributed by atoms with van der Waals surface area (Å²) in [4.78, 5) is 52.3.